The standard InChI is InChI=1S/C14H22N2O3S/c1-9-6-7-10(2)14(13(9)15)20(18,19)16-8-11-4-3-5-12(11)17/h6-7,11-12,16-17H,3-5,8,15H2,1-2H3. The summed E-state index contributed by atoms with van der Waals surface area (Å²) in [6.45, 7) is 3.78. The molecule has 0 spiro atoms. The summed E-state index contributed by atoms with van der Waals surface area (Å²) in [6.07, 6.45) is 2.14. The average Bonchev–Trinajstić information content (AvgIpc) is 2.77. The van der Waals surface area contributed by atoms with Crippen molar-refractivity contribution in [2.45, 2.75) is 44.1 Å². The number of hydrogen-bond donors (Lipinski definition) is 3. The minimum absolute atomic E-state index is 0.00360. The maximum atomic E-state index is 12.4. The Labute approximate surface area is 120 Å². The fraction of sp³-hybridized carbons (Fsp3) is 0.571. The average molecular weight is 298 g/mol. The molecular weight excluding hydrogens is 276 g/mol. The van der Waals surface area contributed by atoms with Crippen LogP contribution in [0, 0.1) is 19.8 Å². The Kier molecular flexibility index (Phi) is 4.36. The highest BCUT2D eigenvalue weighted by molar-refractivity contribution is 7.89. The van der Waals surface area contributed by atoms with Crippen LogP contribution in [0.3, 0.4) is 0 Å². The first kappa shape index (κ1) is 15.3. The van der Waals surface area contributed by atoms with Gasteiger partial charge in [-0.05, 0) is 43.7 Å². The number of aliphatic hydroxyl groups is 1. The van der Waals surface area contributed by atoms with Gasteiger partial charge in [-0.25, -0.2) is 13.1 Å². The zero-order valence-corrected chi connectivity index (χ0v) is 12.7. The summed E-state index contributed by atoms with van der Waals surface area (Å²) in [5.41, 5.74) is 7.59. The Bertz CT molecular complexity index is 599. The summed E-state index contributed by atoms with van der Waals surface area (Å²) >= 11 is 0. The molecule has 6 heteroatoms. The molecule has 112 valence electrons. The second-order valence-electron chi connectivity index (χ2n) is 5.55. The summed E-state index contributed by atoms with van der Waals surface area (Å²) in [4.78, 5) is 0.157. The number of nitrogens with two attached hydrogens (primary N) is 1. The predicted molar refractivity (Wildman–Crippen MR) is 78.9 cm³/mol. The number of nitrogens with one attached hydrogen (secondary N) is 1. The zero-order chi connectivity index (χ0) is 14.9. The number of rotatable bonds is 4. The van der Waals surface area contributed by atoms with E-state index >= 15 is 0 Å². The van der Waals surface area contributed by atoms with E-state index in [2.05, 4.69) is 4.72 Å². The van der Waals surface area contributed by atoms with Gasteiger partial charge in [0.2, 0.25) is 10.0 Å². The van der Waals surface area contributed by atoms with Crippen molar-refractivity contribution in [1.29, 1.82) is 0 Å². The number of hydrogen-bond acceptors (Lipinski definition) is 4. The fourth-order valence-electron chi connectivity index (χ4n) is 2.71. The molecule has 1 saturated carbocycles. The topological polar surface area (TPSA) is 92.4 Å². The maximum Gasteiger partial charge on any atom is 0.242 e. The van der Waals surface area contributed by atoms with Crippen LogP contribution in [-0.2, 0) is 10.0 Å². The number of nitrogen functional groups attached to an aromatic ring is 1. The summed E-state index contributed by atoms with van der Waals surface area (Å²) in [5, 5.41) is 9.75. The van der Waals surface area contributed by atoms with Gasteiger partial charge in [0.1, 0.15) is 4.90 Å². The molecule has 2 unspecified atom stereocenters. The molecule has 1 aliphatic rings. The third-order valence-electron chi connectivity index (χ3n) is 4.03. The lowest BCUT2D eigenvalue weighted by molar-refractivity contribution is 0.134. The van der Waals surface area contributed by atoms with Crippen molar-refractivity contribution in [3.63, 3.8) is 0 Å². The molecule has 0 saturated heterocycles. The normalized spacial score (nSPS) is 23.1. The minimum Gasteiger partial charge on any atom is -0.397 e. The monoisotopic (exact) mass is 298 g/mol. The van der Waals surface area contributed by atoms with Crippen LogP contribution >= 0.6 is 0 Å². The number of anilines is 1. The molecule has 0 radical (unpaired) electrons. The quantitative estimate of drug-likeness (QED) is 0.731. The smallest absolute Gasteiger partial charge is 0.242 e. The van der Waals surface area contributed by atoms with Gasteiger partial charge in [-0.2, -0.15) is 0 Å². The number of aryl methyl sites for hydroxylation is 2. The van der Waals surface area contributed by atoms with Crippen molar-refractivity contribution in [3.05, 3.63) is 23.3 Å². The van der Waals surface area contributed by atoms with Crippen LogP contribution in [-0.4, -0.2) is 26.2 Å². The number of sulfonamides is 1. The van der Waals surface area contributed by atoms with E-state index in [0.717, 1.165) is 24.8 Å². The van der Waals surface area contributed by atoms with Gasteiger partial charge in [-0.3, -0.25) is 0 Å². The van der Waals surface area contributed by atoms with Crippen LogP contribution in [0.25, 0.3) is 0 Å². The SMILES string of the molecule is Cc1ccc(C)c(S(=O)(=O)NCC2CCCC2O)c1N. The zero-order valence-electron chi connectivity index (χ0n) is 11.9. The number of aliphatic hydroxyl groups excluding tert-OH is 1. The molecule has 0 amide bonds. The second kappa shape index (κ2) is 5.71. The van der Waals surface area contributed by atoms with Crippen LogP contribution < -0.4 is 10.5 Å². The molecule has 0 aromatic heterocycles. The Morgan fingerprint density at radius 1 is 1.30 bits per heavy atom. The van der Waals surface area contributed by atoms with Crippen molar-refractivity contribution in [1.82, 2.24) is 4.72 Å². The van der Waals surface area contributed by atoms with Crippen LogP contribution in [0.4, 0.5) is 5.69 Å². The summed E-state index contributed by atoms with van der Waals surface area (Å²) in [7, 11) is -3.64. The van der Waals surface area contributed by atoms with Gasteiger partial charge in [0.25, 0.3) is 0 Å². The van der Waals surface area contributed by atoms with Crippen molar-refractivity contribution >= 4 is 15.7 Å². The third kappa shape index (κ3) is 2.97. The van der Waals surface area contributed by atoms with E-state index in [1.807, 2.05) is 6.07 Å². The van der Waals surface area contributed by atoms with Crippen LogP contribution in [0.1, 0.15) is 30.4 Å². The van der Waals surface area contributed by atoms with Crippen molar-refractivity contribution < 1.29 is 13.5 Å². The highest BCUT2D eigenvalue weighted by Gasteiger charge is 2.28. The molecule has 0 bridgehead atoms. The first-order chi connectivity index (χ1) is 9.33. The van der Waals surface area contributed by atoms with Crippen molar-refractivity contribution in [2.75, 3.05) is 12.3 Å². The fourth-order valence-corrected chi connectivity index (χ4v) is 4.23. The van der Waals surface area contributed by atoms with E-state index in [-0.39, 0.29) is 17.4 Å². The number of benzene rings is 1. The first-order valence-electron chi connectivity index (χ1n) is 6.86. The summed E-state index contributed by atoms with van der Waals surface area (Å²) in [6, 6.07) is 3.56. The van der Waals surface area contributed by atoms with E-state index in [1.165, 1.54) is 0 Å². The molecule has 1 aliphatic carbocycles. The van der Waals surface area contributed by atoms with Crippen LogP contribution in [0.15, 0.2) is 17.0 Å². The van der Waals surface area contributed by atoms with Crippen LogP contribution in [0.5, 0.6) is 0 Å². The van der Waals surface area contributed by atoms with E-state index in [0.29, 0.717) is 11.3 Å². The van der Waals surface area contributed by atoms with Gasteiger partial charge >= 0.3 is 0 Å². The summed E-state index contributed by atoms with van der Waals surface area (Å²) in [5.74, 6) is -0.00360. The Morgan fingerprint density at radius 2 is 1.95 bits per heavy atom. The molecule has 4 N–H and O–H groups in total. The molecule has 1 fully saturated rings. The van der Waals surface area contributed by atoms with Crippen molar-refractivity contribution in [3.8, 4) is 0 Å². The van der Waals surface area contributed by atoms with E-state index < -0.39 is 16.1 Å². The molecule has 0 aliphatic heterocycles. The van der Waals surface area contributed by atoms with Gasteiger partial charge in [0.15, 0.2) is 0 Å². The molecule has 1 aromatic rings. The van der Waals surface area contributed by atoms with Crippen molar-refractivity contribution in [2.24, 2.45) is 5.92 Å². The van der Waals surface area contributed by atoms with Gasteiger partial charge < -0.3 is 10.8 Å². The molecule has 20 heavy (non-hydrogen) atoms. The maximum absolute atomic E-state index is 12.4. The summed E-state index contributed by atoms with van der Waals surface area (Å²) < 4.78 is 27.4. The lowest BCUT2D eigenvalue weighted by atomic mass is 10.1. The first-order valence-corrected chi connectivity index (χ1v) is 8.34. The Balaban J connectivity index is 2.21. The molecule has 1 aromatic carbocycles. The van der Waals surface area contributed by atoms with Gasteiger partial charge in [0, 0.05) is 6.54 Å². The molecule has 2 rings (SSSR count). The molecule has 5 nitrogen and oxygen atoms in total. The molecular formula is C14H22N2O3S. The minimum atomic E-state index is -3.64. The lowest BCUT2D eigenvalue weighted by Gasteiger charge is -2.17. The van der Waals surface area contributed by atoms with E-state index in [4.69, 9.17) is 5.73 Å². The molecule has 0 heterocycles. The largest absolute Gasteiger partial charge is 0.397 e. The third-order valence-corrected chi connectivity index (χ3v) is 5.66. The Morgan fingerprint density at radius 3 is 2.55 bits per heavy atom. The highest BCUT2D eigenvalue weighted by Crippen LogP contribution is 2.28. The van der Waals surface area contributed by atoms with E-state index in [1.54, 1.807) is 19.9 Å². The van der Waals surface area contributed by atoms with Gasteiger partial charge in [-0.1, -0.05) is 18.6 Å². The molecule has 2 atom stereocenters. The lowest BCUT2D eigenvalue weighted by Crippen LogP contribution is -2.33. The highest BCUT2D eigenvalue weighted by atomic mass is 32.2. The second-order valence-corrected chi connectivity index (χ2v) is 7.26. The predicted octanol–water partition coefficient (Wildman–Crippen LogP) is 1.32. The van der Waals surface area contributed by atoms with Gasteiger partial charge in [0.05, 0.1) is 11.8 Å². The Hall–Kier alpha value is -1.11. The van der Waals surface area contributed by atoms with Gasteiger partial charge in [-0.15, -0.1) is 0 Å². The van der Waals surface area contributed by atoms with E-state index in [9.17, 15) is 13.5 Å². The van der Waals surface area contributed by atoms with Crippen LogP contribution in [0.2, 0.25) is 0 Å².